The largest absolute Gasteiger partial charge is 0.490 e. The Morgan fingerprint density at radius 3 is 2.50 bits per heavy atom. The lowest BCUT2D eigenvalue weighted by Crippen LogP contribution is -2.58. The van der Waals surface area contributed by atoms with Crippen molar-refractivity contribution in [2.24, 2.45) is 0 Å². The van der Waals surface area contributed by atoms with Crippen molar-refractivity contribution in [1.82, 2.24) is 9.80 Å². The van der Waals surface area contributed by atoms with E-state index in [0.717, 1.165) is 43.5 Å². The van der Waals surface area contributed by atoms with Gasteiger partial charge in [-0.05, 0) is 68.0 Å². The van der Waals surface area contributed by atoms with Gasteiger partial charge in [0.2, 0.25) is 11.8 Å². The molecule has 4 rings (SSSR count). The second-order valence-electron chi connectivity index (χ2n) is 9.76. The standard InChI is InChI=1S/C28H34Cl2N2O4/c1-21-17-23(10-11-24(21)29)35-20-28(18-27(34)31-13-5-2-6-14-31)19-32(15-16-36-28)26(33)12-9-22-7-3-4-8-25(22)30/h3-4,7-8,10-11,17H,2,5-6,9,12-16,18-20H2,1H3/t28-/m1/s1. The van der Waals surface area contributed by atoms with Gasteiger partial charge >= 0.3 is 0 Å². The third-order valence-electron chi connectivity index (χ3n) is 6.98. The highest BCUT2D eigenvalue weighted by Gasteiger charge is 2.42. The smallest absolute Gasteiger partial charge is 0.225 e. The summed E-state index contributed by atoms with van der Waals surface area (Å²) >= 11 is 12.4. The SMILES string of the molecule is Cc1cc(OC[C@@]2(CC(=O)N3CCCCC3)CN(C(=O)CCc3ccccc3Cl)CCO2)ccc1Cl. The molecule has 6 nitrogen and oxygen atoms in total. The fourth-order valence-corrected chi connectivity index (χ4v) is 5.20. The molecule has 0 aromatic heterocycles. The van der Waals surface area contributed by atoms with Gasteiger partial charge in [-0.3, -0.25) is 9.59 Å². The van der Waals surface area contributed by atoms with Crippen molar-refractivity contribution in [3.8, 4) is 5.75 Å². The highest BCUT2D eigenvalue weighted by atomic mass is 35.5. The normalized spacial score (nSPS) is 20.3. The lowest BCUT2D eigenvalue weighted by atomic mass is 9.95. The van der Waals surface area contributed by atoms with Crippen LogP contribution in [0.15, 0.2) is 42.5 Å². The van der Waals surface area contributed by atoms with Crippen LogP contribution in [0.3, 0.4) is 0 Å². The molecule has 2 fully saturated rings. The number of carbonyl (C=O) groups excluding carboxylic acids is 2. The fourth-order valence-electron chi connectivity index (χ4n) is 4.86. The first-order valence-corrected chi connectivity index (χ1v) is 13.4. The van der Waals surface area contributed by atoms with Crippen LogP contribution < -0.4 is 4.74 Å². The van der Waals surface area contributed by atoms with Crippen molar-refractivity contribution >= 4 is 35.0 Å². The third-order valence-corrected chi connectivity index (χ3v) is 7.77. The minimum Gasteiger partial charge on any atom is -0.490 e. The number of halogens is 2. The Bertz CT molecular complexity index is 1070. The zero-order valence-corrected chi connectivity index (χ0v) is 22.3. The molecule has 8 heteroatoms. The molecule has 194 valence electrons. The number of nitrogens with zero attached hydrogens (tertiary/aromatic N) is 2. The van der Waals surface area contributed by atoms with E-state index in [1.54, 1.807) is 11.0 Å². The molecule has 0 bridgehead atoms. The molecule has 0 spiro atoms. The zero-order valence-electron chi connectivity index (χ0n) is 20.8. The van der Waals surface area contributed by atoms with Crippen molar-refractivity contribution in [2.45, 2.75) is 51.0 Å². The summed E-state index contributed by atoms with van der Waals surface area (Å²) in [4.78, 5) is 30.2. The Labute approximate surface area is 223 Å². The topological polar surface area (TPSA) is 59.1 Å². The Hall–Kier alpha value is -2.28. The van der Waals surface area contributed by atoms with Crippen LogP contribution in [0.1, 0.15) is 43.2 Å². The van der Waals surface area contributed by atoms with Crippen LogP contribution in [0, 0.1) is 6.92 Å². The van der Waals surface area contributed by atoms with Gasteiger partial charge in [0, 0.05) is 36.1 Å². The van der Waals surface area contributed by atoms with E-state index in [0.29, 0.717) is 48.3 Å². The highest BCUT2D eigenvalue weighted by Crippen LogP contribution is 2.28. The molecule has 2 saturated heterocycles. The molecule has 2 aromatic carbocycles. The second kappa shape index (κ2) is 12.3. The number of amides is 2. The van der Waals surface area contributed by atoms with Crippen molar-refractivity contribution in [2.75, 3.05) is 39.4 Å². The Balaban J connectivity index is 1.46. The van der Waals surface area contributed by atoms with Crippen LogP contribution >= 0.6 is 23.2 Å². The van der Waals surface area contributed by atoms with Crippen molar-refractivity contribution in [1.29, 1.82) is 0 Å². The highest BCUT2D eigenvalue weighted by molar-refractivity contribution is 6.31. The number of ether oxygens (including phenoxy) is 2. The van der Waals surface area contributed by atoms with E-state index >= 15 is 0 Å². The van der Waals surface area contributed by atoms with Crippen LogP contribution in [0.25, 0.3) is 0 Å². The monoisotopic (exact) mass is 532 g/mol. The number of hydrogen-bond acceptors (Lipinski definition) is 4. The summed E-state index contributed by atoms with van der Waals surface area (Å²) in [7, 11) is 0. The van der Waals surface area contributed by atoms with Gasteiger partial charge in [0.15, 0.2) is 0 Å². The molecule has 2 aliphatic rings. The van der Waals surface area contributed by atoms with E-state index in [-0.39, 0.29) is 24.8 Å². The van der Waals surface area contributed by atoms with Crippen molar-refractivity contribution in [3.63, 3.8) is 0 Å². The minimum atomic E-state index is -0.916. The van der Waals surface area contributed by atoms with Gasteiger partial charge in [-0.2, -0.15) is 0 Å². The number of rotatable bonds is 8. The van der Waals surface area contributed by atoms with E-state index in [9.17, 15) is 9.59 Å². The summed E-state index contributed by atoms with van der Waals surface area (Å²) in [5, 5.41) is 1.34. The van der Waals surface area contributed by atoms with E-state index < -0.39 is 5.60 Å². The Morgan fingerprint density at radius 2 is 1.75 bits per heavy atom. The third kappa shape index (κ3) is 6.93. The van der Waals surface area contributed by atoms with Crippen LogP contribution in [0.4, 0.5) is 0 Å². The van der Waals surface area contributed by atoms with Crippen molar-refractivity contribution in [3.05, 3.63) is 63.6 Å². The van der Waals surface area contributed by atoms with Gasteiger partial charge in [0.1, 0.15) is 18.0 Å². The van der Waals surface area contributed by atoms with Crippen LogP contribution in [-0.2, 0) is 20.7 Å². The Morgan fingerprint density at radius 1 is 0.972 bits per heavy atom. The van der Waals surface area contributed by atoms with E-state index in [1.807, 2.05) is 48.2 Å². The van der Waals surface area contributed by atoms with Gasteiger partial charge < -0.3 is 19.3 Å². The quantitative estimate of drug-likeness (QED) is 0.462. The number of carbonyl (C=O) groups is 2. The molecule has 2 aliphatic heterocycles. The number of morpholine rings is 1. The zero-order chi connectivity index (χ0) is 25.5. The summed E-state index contributed by atoms with van der Waals surface area (Å²) in [6, 6.07) is 13.1. The lowest BCUT2D eigenvalue weighted by Gasteiger charge is -2.43. The number of benzene rings is 2. The summed E-state index contributed by atoms with van der Waals surface area (Å²) in [6.45, 7) is 4.78. The second-order valence-corrected chi connectivity index (χ2v) is 10.6. The molecule has 2 heterocycles. The Kier molecular flexibility index (Phi) is 9.15. The lowest BCUT2D eigenvalue weighted by molar-refractivity contribution is -0.166. The van der Waals surface area contributed by atoms with Crippen LogP contribution in [0.5, 0.6) is 5.75 Å². The van der Waals surface area contributed by atoms with Crippen LogP contribution in [-0.4, -0.2) is 66.6 Å². The average Bonchev–Trinajstić information content (AvgIpc) is 2.89. The maximum atomic E-state index is 13.3. The molecule has 0 unspecified atom stereocenters. The molecule has 0 saturated carbocycles. The summed E-state index contributed by atoms with van der Waals surface area (Å²) < 4.78 is 12.4. The number of aryl methyl sites for hydroxylation is 2. The minimum absolute atomic E-state index is 0.0235. The first kappa shape index (κ1) is 26.8. The summed E-state index contributed by atoms with van der Waals surface area (Å²) in [5.74, 6) is 0.735. The van der Waals surface area contributed by atoms with Gasteiger partial charge in [-0.25, -0.2) is 0 Å². The average molecular weight is 533 g/mol. The van der Waals surface area contributed by atoms with E-state index in [1.165, 1.54) is 0 Å². The molecule has 0 N–H and O–H groups in total. The molecule has 0 aliphatic carbocycles. The molecule has 1 atom stereocenters. The van der Waals surface area contributed by atoms with E-state index in [2.05, 4.69) is 0 Å². The number of likely N-dealkylation sites (tertiary alicyclic amines) is 1. The van der Waals surface area contributed by atoms with Crippen molar-refractivity contribution < 1.29 is 19.1 Å². The molecule has 2 aromatic rings. The summed E-state index contributed by atoms with van der Waals surface area (Å²) in [6.07, 6.45) is 4.28. The molecule has 36 heavy (non-hydrogen) atoms. The van der Waals surface area contributed by atoms with Gasteiger partial charge in [-0.1, -0.05) is 41.4 Å². The maximum Gasteiger partial charge on any atom is 0.225 e. The van der Waals surface area contributed by atoms with Gasteiger partial charge in [-0.15, -0.1) is 0 Å². The first-order chi connectivity index (χ1) is 17.3. The van der Waals surface area contributed by atoms with Gasteiger partial charge in [0.25, 0.3) is 0 Å². The molecular formula is C28H34Cl2N2O4. The predicted octanol–water partition coefficient (Wildman–Crippen LogP) is 5.31. The van der Waals surface area contributed by atoms with E-state index in [4.69, 9.17) is 32.7 Å². The molecule has 2 amide bonds. The summed E-state index contributed by atoms with van der Waals surface area (Å²) in [5.41, 5.74) is 0.947. The molecular weight excluding hydrogens is 499 g/mol. The van der Waals surface area contributed by atoms with Crippen LogP contribution in [0.2, 0.25) is 10.0 Å². The fraction of sp³-hybridized carbons (Fsp3) is 0.500. The first-order valence-electron chi connectivity index (χ1n) is 12.7. The number of piperidine rings is 1. The predicted molar refractivity (Wildman–Crippen MR) is 142 cm³/mol. The molecule has 0 radical (unpaired) electrons. The maximum absolute atomic E-state index is 13.3. The number of hydrogen-bond donors (Lipinski definition) is 0. The van der Waals surface area contributed by atoms with Gasteiger partial charge in [0.05, 0.1) is 19.6 Å².